The van der Waals surface area contributed by atoms with Gasteiger partial charge >= 0.3 is 5.97 Å². The molecule has 0 saturated carbocycles. The highest BCUT2D eigenvalue weighted by Gasteiger charge is 2.09. The highest BCUT2D eigenvalue weighted by molar-refractivity contribution is 9.10. The summed E-state index contributed by atoms with van der Waals surface area (Å²) in [6.45, 7) is 0. The molecule has 0 aliphatic carbocycles. The monoisotopic (exact) mass is 365 g/mol. The lowest BCUT2D eigenvalue weighted by Crippen LogP contribution is -2.10. The maximum Gasteiger partial charge on any atom is 0.336 e. The SMILES string of the molecule is NC(=O)c1ccc(CSc2ccc(Br)c(C(=O)O)c2)cc1. The number of carboxylic acids is 1. The second kappa shape index (κ2) is 6.78. The zero-order valence-electron chi connectivity index (χ0n) is 10.9. The molecule has 0 aliphatic heterocycles. The standard InChI is InChI=1S/C15H12BrNO3S/c16-13-6-5-11(7-12(13)15(19)20)21-8-9-1-3-10(4-2-9)14(17)18/h1-7H,8H2,(H2,17,18)(H,19,20). The largest absolute Gasteiger partial charge is 0.478 e. The van der Waals surface area contributed by atoms with E-state index in [1.54, 1.807) is 24.3 Å². The van der Waals surface area contributed by atoms with Crippen LogP contribution in [0.1, 0.15) is 26.3 Å². The number of benzene rings is 2. The molecular formula is C15H12BrNO3S. The molecule has 2 aromatic rings. The van der Waals surface area contributed by atoms with Gasteiger partial charge in [0.15, 0.2) is 0 Å². The van der Waals surface area contributed by atoms with Crippen molar-refractivity contribution < 1.29 is 14.7 Å². The first kappa shape index (κ1) is 15.6. The van der Waals surface area contributed by atoms with Crippen LogP contribution in [0.3, 0.4) is 0 Å². The lowest BCUT2D eigenvalue weighted by molar-refractivity contribution is 0.0695. The Balaban J connectivity index is 2.07. The van der Waals surface area contributed by atoms with Gasteiger partial charge in [0.1, 0.15) is 0 Å². The number of aromatic carboxylic acids is 1. The number of hydrogen-bond donors (Lipinski definition) is 2. The van der Waals surface area contributed by atoms with Crippen LogP contribution in [0, 0.1) is 0 Å². The molecule has 0 radical (unpaired) electrons. The van der Waals surface area contributed by atoms with Crippen LogP contribution in [-0.2, 0) is 5.75 Å². The van der Waals surface area contributed by atoms with Crippen LogP contribution in [-0.4, -0.2) is 17.0 Å². The van der Waals surface area contributed by atoms with Crippen molar-refractivity contribution in [2.45, 2.75) is 10.6 Å². The molecule has 21 heavy (non-hydrogen) atoms. The molecule has 0 spiro atoms. The Kier molecular flexibility index (Phi) is 5.03. The fraction of sp³-hybridized carbons (Fsp3) is 0.0667. The van der Waals surface area contributed by atoms with Crippen molar-refractivity contribution in [1.29, 1.82) is 0 Å². The van der Waals surface area contributed by atoms with E-state index in [0.717, 1.165) is 10.5 Å². The third kappa shape index (κ3) is 4.09. The fourth-order valence-corrected chi connectivity index (χ4v) is 3.00. The van der Waals surface area contributed by atoms with Crippen molar-refractivity contribution in [3.8, 4) is 0 Å². The Morgan fingerprint density at radius 2 is 1.81 bits per heavy atom. The minimum Gasteiger partial charge on any atom is -0.478 e. The van der Waals surface area contributed by atoms with Crippen molar-refractivity contribution in [2.24, 2.45) is 5.73 Å². The van der Waals surface area contributed by atoms with E-state index in [1.807, 2.05) is 18.2 Å². The summed E-state index contributed by atoms with van der Waals surface area (Å²) in [5, 5.41) is 9.07. The summed E-state index contributed by atoms with van der Waals surface area (Å²) in [6, 6.07) is 12.3. The molecule has 3 N–H and O–H groups in total. The molecule has 2 rings (SSSR count). The van der Waals surface area contributed by atoms with E-state index >= 15 is 0 Å². The van der Waals surface area contributed by atoms with Crippen molar-refractivity contribution >= 4 is 39.6 Å². The summed E-state index contributed by atoms with van der Waals surface area (Å²) in [5.74, 6) is -0.733. The molecule has 2 aromatic carbocycles. The second-order valence-electron chi connectivity index (χ2n) is 4.30. The lowest BCUT2D eigenvalue weighted by Gasteiger charge is -2.05. The van der Waals surface area contributed by atoms with Crippen LogP contribution in [0.4, 0.5) is 0 Å². The van der Waals surface area contributed by atoms with Gasteiger partial charge in [-0.2, -0.15) is 0 Å². The second-order valence-corrected chi connectivity index (χ2v) is 6.20. The summed E-state index contributed by atoms with van der Waals surface area (Å²) in [7, 11) is 0. The summed E-state index contributed by atoms with van der Waals surface area (Å²) >= 11 is 4.74. The van der Waals surface area contributed by atoms with Gasteiger partial charge in [-0.05, 0) is 51.8 Å². The zero-order chi connectivity index (χ0) is 15.4. The average molecular weight is 366 g/mol. The van der Waals surface area contributed by atoms with Crippen LogP contribution in [0.2, 0.25) is 0 Å². The van der Waals surface area contributed by atoms with E-state index in [0.29, 0.717) is 15.8 Å². The van der Waals surface area contributed by atoms with E-state index in [4.69, 9.17) is 10.8 Å². The van der Waals surface area contributed by atoms with Gasteiger partial charge in [-0.3, -0.25) is 4.79 Å². The van der Waals surface area contributed by atoms with Crippen LogP contribution < -0.4 is 5.73 Å². The number of halogens is 1. The van der Waals surface area contributed by atoms with Gasteiger partial charge in [-0.1, -0.05) is 12.1 Å². The molecule has 0 aromatic heterocycles. The van der Waals surface area contributed by atoms with Crippen LogP contribution in [0.5, 0.6) is 0 Å². The van der Waals surface area contributed by atoms with E-state index in [-0.39, 0.29) is 5.56 Å². The van der Waals surface area contributed by atoms with Crippen LogP contribution in [0.25, 0.3) is 0 Å². The van der Waals surface area contributed by atoms with Gasteiger partial charge in [0.25, 0.3) is 0 Å². The maximum atomic E-state index is 11.1. The summed E-state index contributed by atoms with van der Waals surface area (Å²) in [4.78, 5) is 22.9. The zero-order valence-corrected chi connectivity index (χ0v) is 13.3. The molecule has 0 saturated heterocycles. The summed E-state index contributed by atoms with van der Waals surface area (Å²) in [6.07, 6.45) is 0. The summed E-state index contributed by atoms with van der Waals surface area (Å²) < 4.78 is 0.560. The fourth-order valence-electron chi connectivity index (χ4n) is 1.69. The third-order valence-electron chi connectivity index (χ3n) is 2.81. The number of amides is 1. The topological polar surface area (TPSA) is 80.4 Å². The minimum atomic E-state index is -0.963. The van der Waals surface area contributed by atoms with Crippen LogP contribution >= 0.6 is 27.7 Å². The van der Waals surface area contributed by atoms with Crippen molar-refractivity contribution in [1.82, 2.24) is 0 Å². The summed E-state index contributed by atoms with van der Waals surface area (Å²) in [5.41, 5.74) is 6.93. The number of nitrogens with two attached hydrogens (primary N) is 1. The lowest BCUT2D eigenvalue weighted by atomic mass is 10.1. The number of thioether (sulfide) groups is 1. The number of hydrogen-bond acceptors (Lipinski definition) is 3. The molecule has 0 fully saturated rings. The Labute approximate surface area is 134 Å². The predicted molar refractivity (Wildman–Crippen MR) is 85.6 cm³/mol. The van der Waals surface area contributed by atoms with E-state index in [1.165, 1.54) is 11.8 Å². The van der Waals surface area contributed by atoms with Gasteiger partial charge in [-0.15, -0.1) is 11.8 Å². The number of carboxylic acid groups (broad SMARTS) is 1. The van der Waals surface area contributed by atoms with Gasteiger partial charge in [0.05, 0.1) is 5.56 Å². The molecule has 108 valence electrons. The number of rotatable bonds is 5. The molecule has 1 amide bonds. The average Bonchev–Trinajstić information content (AvgIpc) is 2.46. The molecule has 0 unspecified atom stereocenters. The van der Waals surface area contributed by atoms with E-state index in [9.17, 15) is 9.59 Å². The first-order chi connectivity index (χ1) is 9.97. The Morgan fingerprint density at radius 3 is 2.38 bits per heavy atom. The first-order valence-electron chi connectivity index (χ1n) is 6.02. The molecule has 0 bridgehead atoms. The first-order valence-corrected chi connectivity index (χ1v) is 7.79. The Bertz CT molecular complexity index is 686. The number of carbonyl (C=O) groups excluding carboxylic acids is 1. The highest BCUT2D eigenvalue weighted by atomic mass is 79.9. The highest BCUT2D eigenvalue weighted by Crippen LogP contribution is 2.27. The molecule has 4 nitrogen and oxygen atoms in total. The van der Waals surface area contributed by atoms with Crippen molar-refractivity contribution in [3.05, 3.63) is 63.6 Å². The molecular weight excluding hydrogens is 354 g/mol. The predicted octanol–water partition coefficient (Wildman–Crippen LogP) is 3.54. The molecule has 0 aliphatic rings. The minimum absolute atomic E-state index is 0.240. The molecule has 0 atom stereocenters. The maximum absolute atomic E-state index is 11.1. The Morgan fingerprint density at radius 1 is 1.14 bits per heavy atom. The van der Waals surface area contributed by atoms with Crippen molar-refractivity contribution in [3.63, 3.8) is 0 Å². The smallest absolute Gasteiger partial charge is 0.336 e. The van der Waals surface area contributed by atoms with E-state index in [2.05, 4.69) is 15.9 Å². The van der Waals surface area contributed by atoms with Gasteiger partial charge in [0.2, 0.25) is 5.91 Å². The number of carbonyl (C=O) groups is 2. The number of primary amides is 1. The normalized spacial score (nSPS) is 10.3. The van der Waals surface area contributed by atoms with Gasteiger partial charge in [-0.25, -0.2) is 4.79 Å². The van der Waals surface area contributed by atoms with Gasteiger partial charge in [0, 0.05) is 20.7 Å². The quantitative estimate of drug-likeness (QED) is 0.794. The van der Waals surface area contributed by atoms with Gasteiger partial charge < -0.3 is 10.8 Å². The molecule has 6 heteroatoms. The third-order valence-corrected chi connectivity index (χ3v) is 4.57. The van der Waals surface area contributed by atoms with Crippen molar-refractivity contribution in [2.75, 3.05) is 0 Å². The van der Waals surface area contributed by atoms with E-state index < -0.39 is 11.9 Å². The van der Waals surface area contributed by atoms with Crippen LogP contribution in [0.15, 0.2) is 51.8 Å². The Hall–Kier alpha value is -1.79. The molecule has 0 heterocycles.